The van der Waals surface area contributed by atoms with Gasteiger partial charge in [-0.05, 0) is 31.6 Å². The number of nitrogens with two attached hydrogens (primary N) is 1. The molecule has 0 spiro atoms. The monoisotopic (exact) mass is 226 g/mol. The van der Waals surface area contributed by atoms with Crippen molar-refractivity contribution in [1.82, 2.24) is 4.90 Å². The van der Waals surface area contributed by atoms with E-state index in [2.05, 4.69) is 0 Å². The van der Waals surface area contributed by atoms with Gasteiger partial charge in [0.25, 0.3) is 0 Å². The van der Waals surface area contributed by atoms with Crippen LogP contribution in [0.25, 0.3) is 0 Å². The topological polar surface area (TPSA) is 55.6 Å². The van der Waals surface area contributed by atoms with Gasteiger partial charge in [-0.3, -0.25) is 4.79 Å². The highest BCUT2D eigenvalue weighted by atomic mass is 16.5. The fourth-order valence-corrected chi connectivity index (χ4v) is 2.53. The van der Waals surface area contributed by atoms with E-state index in [9.17, 15) is 4.79 Å². The molecule has 1 amide bonds. The van der Waals surface area contributed by atoms with E-state index in [0.717, 1.165) is 52.0 Å². The number of likely N-dealkylation sites (tertiary alicyclic amines) is 1. The van der Waals surface area contributed by atoms with Crippen LogP contribution < -0.4 is 5.73 Å². The molecule has 0 aromatic rings. The van der Waals surface area contributed by atoms with Gasteiger partial charge >= 0.3 is 0 Å². The van der Waals surface area contributed by atoms with E-state index in [1.807, 2.05) is 4.90 Å². The van der Waals surface area contributed by atoms with E-state index < -0.39 is 0 Å². The molecule has 2 unspecified atom stereocenters. The third-order valence-electron chi connectivity index (χ3n) is 3.60. The van der Waals surface area contributed by atoms with Gasteiger partial charge in [-0.1, -0.05) is 0 Å². The summed E-state index contributed by atoms with van der Waals surface area (Å²) in [6.45, 7) is 3.36. The zero-order chi connectivity index (χ0) is 11.4. The maximum Gasteiger partial charge on any atom is 0.222 e. The molecule has 16 heavy (non-hydrogen) atoms. The Labute approximate surface area is 97.1 Å². The number of amides is 1. The van der Waals surface area contributed by atoms with E-state index in [1.54, 1.807) is 0 Å². The SMILES string of the molecule is NC1CCCN(C(=O)CCC2CCOC2)C1. The molecule has 2 aliphatic rings. The molecule has 2 fully saturated rings. The van der Waals surface area contributed by atoms with Crippen molar-refractivity contribution in [2.24, 2.45) is 11.7 Å². The smallest absolute Gasteiger partial charge is 0.222 e. The van der Waals surface area contributed by atoms with Crippen LogP contribution in [0.3, 0.4) is 0 Å². The van der Waals surface area contributed by atoms with E-state index >= 15 is 0 Å². The fourth-order valence-electron chi connectivity index (χ4n) is 2.53. The van der Waals surface area contributed by atoms with Crippen LogP contribution in [0.5, 0.6) is 0 Å². The van der Waals surface area contributed by atoms with E-state index in [1.165, 1.54) is 0 Å². The highest BCUT2D eigenvalue weighted by Crippen LogP contribution is 2.19. The van der Waals surface area contributed by atoms with Crippen LogP contribution in [0.2, 0.25) is 0 Å². The molecule has 2 rings (SSSR count). The minimum absolute atomic E-state index is 0.188. The van der Waals surface area contributed by atoms with Crippen molar-refractivity contribution in [3.8, 4) is 0 Å². The quantitative estimate of drug-likeness (QED) is 0.772. The molecule has 92 valence electrons. The summed E-state index contributed by atoms with van der Waals surface area (Å²) >= 11 is 0. The molecule has 0 aliphatic carbocycles. The first-order valence-corrected chi connectivity index (χ1v) is 6.37. The van der Waals surface area contributed by atoms with Crippen molar-refractivity contribution < 1.29 is 9.53 Å². The number of rotatable bonds is 3. The largest absolute Gasteiger partial charge is 0.381 e. The Hall–Kier alpha value is -0.610. The summed E-state index contributed by atoms with van der Waals surface area (Å²) in [4.78, 5) is 13.9. The van der Waals surface area contributed by atoms with Crippen LogP contribution in [-0.4, -0.2) is 43.2 Å². The molecule has 2 atom stereocenters. The second kappa shape index (κ2) is 5.64. The molecule has 4 nitrogen and oxygen atoms in total. The van der Waals surface area contributed by atoms with Crippen LogP contribution in [0.1, 0.15) is 32.1 Å². The Balaban J connectivity index is 1.70. The average Bonchev–Trinajstić information content (AvgIpc) is 2.78. The summed E-state index contributed by atoms with van der Waals surface area (Å²) in [6, 6.07) is 0.188. The Bertz CT molecular complexity index is 239. The van der Waals surface area contributed by atoms with Crippen LogP contribution in [0, 0.1) is 5.92 Å². The molecule has 2 heterocycles. The Morgan fingerprint density at radius 1 is 1.44 bits per heavy atom. The van der Waals surface area contributed by atoms with Crippen molar-refractivity contribution in [3.63, 3.8) is 0 Å². The van der Waals surface area contributed by atoms with Gasteiger partial charge in [-0.15, -0.1) is 0 Å². The third kappa shape index (κ3) is 3.19. The number of carbonyl (C=O) groups excluding carboxylic acids is 1. The van der Waals surface area contributed by atoms with Crippen LogP contribution in [0.15, 0.2) is 0 Å². The summed E-state index contributed by atoms with van der Waals surface area (Å²) in [5.74, 6) is 0.879. The standard InChI is InChI=1S/C12H22N2O2/c13-11-2-1-6-14(8-11)12(15)4-3-10-5-7-16-9-10/h10-11H,1-9,13H2. The third-order valence-corrected chi connectivity index (χ3v) is 3.60. The molecule has 0 radical (unpaired) electrons. The number of hydrogen-bond acceptors (Lipinski definition) is 3. The van der Waals surface area contributed by atoms with Crippen molar-refractivity contribution in [3.05, 3.63) is 0 Å². The molecule has 0 aromatic carbocycles. The summed E-state index contributed by atoms with van der Waals surface area (Å²) < 4.78 is 5.31. The number of nitrogens with zero attached hydrogens (tertiary/aromatic N) is 1. The lowest BCUT2D eigenvalue weighted by Gasteiger charge is -2.31. The van der Waals surface area contributed by atoms with Crippen molar-refractivity contribution >= 4 is 5.91 Å². The average molecular weight is 226 g/mol. The van der Waals surface area contributed by atoms with Crippen molar-refractivity contribution in [2.75, 3.05) is 26.3 Å². The first-order chi connectivity index (χ1) is 7.75. The lowest BCUT2D eigenvalue weighted by Crippen LogP contribution is -2.45. The van der Waals surface area contributed by atoms with Gasteiger partial charge in [0.1, 0.15) is 0 Å². The predicted octanol–water partition coefficient (Wildman–Crippen LogP) is 0.753. The van der Waals surface area contributed by atoms with E-state index in [-0.39, 0.29) is 11.9 Å². The number of ether oxygens (including phenoxy) is 1. The summed E-state index contributed by atoms with van der Waals surface area (Å²) in [7, 11) is 0. The molecule has 2 saturated heterocycles. The van der Waals surface area contributed by atoms with Gasteiger partial charge in [0.2, 0.25) is 5.91 Å². The summed E-state index contributed by atoms with van der Waals surface area (Å²) in [5.41, 5.74) is 5.87. The van der Waals surface area contributed by atoms with Gasteiger partial charge < -0.3 is 15.4 Å². The van der Waals surface area contributed by atoms with Gasteiger partial charge in [0.15, 0.2) is 0 Å². The molecular weight excluding hydrogens is 204 g/mol. The number of carbonyl (C=O) groups is 1. The van der Waals surface area contributed by atoms with Crippen molar-refractivity contribution in [2.45, 2.75) is 38.1 Å². The Morgan fingerprint density at radius 3 is 3.00 bits per heavy atom. The highest BCUT2D eigenvalue weighted by Gasteiger charge is 2.23. The van der Waals surface area contributed by atoms with Crippen LogP contribution in [-0.2, 0) is 9.53 Å². The zero-order valence-corrected chi connectivity index (χ0v) is 9.86. The number of piperidine rings is 1. The van der Waals surface area contributed by atoms with Crippen LogP contribution in [0.4, 0.5) is 0 Å². The predicted molar refractivity (Wildman–Crippen MR) is 61.9 cm³/mol. The van der Waals surface area contributed by atoms with Gasteiger partial charge in [0.05, 0.1) is 0 Å². The highest BCUT2D eigenvalue weighted by molar-refractivity contribution is 5.76. The van der Waals surface area contributed by atoms with Gasteiger partial charge in [0, 0.05) is 38.8 Å². The molecule has 2 N–H and O–H groups in total. The summed E-state index contributed by atoms with van der Waals surface area (Å²) in [6.07, 6.45) is 4.87. The van der Waals surface area contributed by atoms with E-state index in [4.69, 9.17) is 10.5 Å². The molecule has 2 aliphatic heterocycles. The molecular formula is C12H22N2O2. The van der Waals surface area contributed by atoms with Gasteiger partial charge in [-0.25, -0.2) is 0 Å². The van der Waals surface area contributed by atoms with Crippen molar-refractivity contribution in [1.29, 1.82) is 0 Å². The summed E-state index contributed by atoms with van der Waals surface area (Å²) in [5, 5.41) is 0. The molecule has 4 heteroatoms. The van der Waals surface area contributed by atoms with E-state index in [0.29, 0.717) is 12.3 Å². The minimum Gasteiger partial charge on any atom is -0.381 e. The minimum atomic E-state index is 0.188. The normalized spacial score (nSPS) is 30.7. The molecule has 0 saturated carbocycles. The fraction of sp³-hybridized carbons (Fsp3) is 0.917. The second-order valence-corrected chi connectivity index (χ2v) is 5.01. The Morgan fingerprint density at radius 2 is 2.31 bits per heavy atom. The second-order valence-electron chi connectivity index (χ2n) is 5.01. The maximum atomic E-state index is 11.9. The number of hydrogen-bond donors (Lipinski definition) is 1. The molecule has 0 aromatic heterocycles. The van der Waals surface area contributed by atoms with Crippen LogP contribution >= 0.6 is 0 Å². The Kier molecular flexibility index (Phi) is 4.18. The van der Waals surface area contributed by atoms with Gasteiger partial charge in [-0.2, -0.15) is 0 Å². The maximum absolute atomic E-state index is 11.9. The first-order valence-electron chi connectivity index (χ1n) is 6.37. The first kappa shape index (κ1) is 11.9. The molecule has 0 bridgehead atoms. The lowest BCUT2D eigenvalue weighted by molar-refractivity contribution is -0.132. The zero-order valence-electron chi connectivity index (χ0n) is 9.86. The lowest BCUT2D eigenvalue weighted by atomic mass is 10.0.